The number of benzene rings is 1. The SMILES string of the molecule is Fc1ccc(-n2cn[nH]c2=S)c(I)c1. The number of aromatic amines is 1. The quantitative estimate of drug-likeness (QED) is 0.647. The summed E-state index contributed by atoms with van der Waals surface area (Å²) in [5.41, 5.74) is 0.825. The van der Waals surface area contributed by atoms with Gasteiger partial charge in [-0.15, -0.1) is 0 Å². The van der Waals surface area contributed by atoms with Crippen molar-refractivity contribution in [3.63, 3.8) is 0 Å². The van der Waals surface area contributed by atoms with E-state index in [0.29, 0.717) is 4.77 Å². The van der Waals surface area contributed by atoms with Gasteiger partial charge in [0.25, 0.3) is 0 Å². The molecule has 0 saturated carbocycles. The third-order valence-electron chi connectivity index (χ3n) is 1.72. The Hall–Kier alpha value is -0.760. The van der Waals surface area contributed by atoms with Crippen molar-refractivity contribution in [2.75, 3.05) is 0 Å². The number of hydrogen-bond acceptors (Lipinski definition) is 2. The van der Waals surface area contributed by atoms with Gasteiger partial charge in [0.15, 0.2) is 4.77 Å². The van der Waals surface area contributed by atoms with Crippen LogP contribution < -0.4 is 0 Å². The molecule has 0 aliphatic carbocycles. The van der Waals surface area contributed by atoms with Crippen LogP contribution in [0.5, 0.6) is 0 Å². The zero-order valence-corrected chi connectivity index (χ0v) is 9.84. The fourth-order valence-corrected chi connectivity index (χ4v) is 2.03. The van der Waals surface area contributed by atoms with Crippen molar-refractivity contribution in [2.24, 2.45) is 0 Å². The number of nitrogens with zero attached hydrogens (tertiary/aromatic N) is 2. The molecule has 1 N–H and O–H groups in total. The van der Waals surface area contributed by atoms with Crippen LogP contribution in [0.3, 0.4) is 0 Å². The Bertz CT molecular complexity index is 519. The molecular formula is C8H5FIN3S. The van der Waals surface area contributed by atoms with E-state index in [1.54, 1.807) is 17.0 Å². The van der Waals surface area contributed by atoms with E-state index >= 15 is 0 Å². The third-order valence-corrected chi connectivity index (χ3v) is 2.87. The molecule has 2 aromatic rings. The molecule has 1 aromatic carbocycles. The van der Waals surface area contributed by atoms with E-state index in [1.807, 2.05) is 0 Å². The minimum absolute atomic E-state index is 0.256. The zero-order valence-electron chi connectivity index (χ0n) is 6.87. The van der Waals surface area contributed by atoms with Gasteiger partial charge in [0.1, 0.15) is 12.1 Å². The Labute approximate surface area is 98.1 Å². The Kier molecular flexibility index (Phi) is 2.64. The second-order valence-corrected chi connectivity index (χ2v) is 4.18. The molecule has 2 rings (SSSR count). The van der Waals surface area contributed by atoms with Gasteiger partial charge < -0.3 is 0 Å². The Balaban J connectivity index is 2.63. The lowest BCUT2D eigenvalue weighted by Gasteiger charge is -2.03. The molecule has 72 valence electrons. The second-order valence-electron chi connectivity index (χ2n) is 2.63. The lowest BCUT2D eigenvalue weighted by Crippen LogP contribution is -1.95. The molecule has 0 unspecified atom stereocenters. The van der Waals surface area contributed by atoms with Gasteiger partial charge in [-0.25, -0.2) is 4.39 Å². The number of H-pyrrole nitrogens is 1. The monoisotopic (exact) mass is 321 g/mol. The van der Waals surface area contributed by atoms with Crippen LogP contribution in [0.25, 0.3) is 5.69 Å². The summed E-state index contributed by atoms with van der Waals surface area (Å²) in [6.45, 7) is 0. The highest BCUT2D eigenvalue weighted by molar-refractivity contribution is 14.1. The highest BCUT2D eigenvalue weighted by Crippen LogP contribution is 2.17. The first kappa shape index (κ1) is 9.78. The lowest BCUT2D eigenvalue weighted by molar-refractivity contribution is 0.626. The van der Waals surface area contributed by atoms with Crippen LogP contribution in [-0.2, 0) is 0 Å². The Morgan fingerprint density at radius 2 is 2.29 bits per heavy atom. The molecule has 14 heavy (non-hydrogen) atoms. The van der Waals surface area contributed by atoms with Crippen LogP contribution in [-0.4, -0.2) is 14.8 Å². The largest absolute Gasteiger partial charge is 0.274 e. The van der Waals surface area contributed by atoms with Gasteiger partial charge in [0.05, 0.1) is 5.69 Å². The summed E-state index contributed by atoms with van der Waals surface area (Å²) in [6.07, 6.45) is 1.57. The zero-order chi connectivity index (χ0) is 10.1. The van der Waals surface area contributed by atoms with E-state index < -0.39 is 0 Å². The number of halogens is 2. The van der Waals surface area contributed by atoms with E-state index in [4.69, 9.17) is 12.2 Å². The Morgan fingerprint density at radius 3 is 2.86 bits per heavy atom. The normalized spacial score (nSPS) is 10.4. The molecule has 0 bridgehead atoms. The molecule has 1 heterocycles. The average Bonchev–Trinajstić information content (AvgIpc) is 2.52. The maximum atomic E-state index is 12.8. The molecule has 1 aromatic heterocycles. The van der Waals surface area contributed by atoms with Gasteiger partial charge in [0.2, 0.25) is 0 Å². The first-order valence-corrected chi connectivity index (χ1v) is 5.24. The summed E-state index contributed by atoms with van der Waals surface area (Å²) in [4.78, 5) is 0. The standard InChI is InChI=1S/C8H5FIN3S/c9-5-1-2-7(6(10)3-5)13-4-11-12-8(13)14/h1-4H,(H,12,14). The van der Waals surface area contributed by atoms with Gasteiger partial charge >= 0.3 is 0 Å². The van der Waals surface area contributed by atoms with Crippen LogP contribution in [0.4, 0.5) is 4.39 Å². The van der Waals surface area contributed by atoms with Crippen molar-refractivity contribution >= 4 is 34.8 Å². The predicted molar refractivity (Wildman–Crippen MR) is 61.4 cm³/mol. The van der Waals surface area contributed by atoms with Crippen molar-refractivity contribution in [2.45, 2.75) is 0 Å². The summed E-state index contributed by atoms with van der Waals surface area (Å²) in [6, 6.07) is 4.51. The van der Waals surface area contributed by atoms with Crippen molar-refractivity contribution in [3.8, 4) is 5.69 Å². The smallest absolute Gasteiger partial charge is 0.199 e. The molecule has 0 radical (unpaired) electrons. The summed E-state index contributed by atoms with van der Waals surface area (Å²) < 4.78 is 15.8. The van der Waals surface area contributed by atoms with Crippen LogP contribution in [0.2, 0.25) is 0 Å². The molecule has 0 spiro atoms. The summed E-state index contributed by atoms with van der Waals surface area (Å²) in [7, 11) is 0. The van der Waals surface area contributed by atoms with Crippen molar-refractivity contribution in [3.05, 3.63) is 38.7 Å². The Morgan fingerprint density at radius 1 is 1.50 bits per heavy atom. The van der Waals surface area contributed by atoms with Gasteiger partial charge in [-0.05, 0) is 53.0 Å². The minimum Gasteiger partial charge on any atom is -0.274 e. The van der Waals surface area contributed by atoms with Crippen LogP contribution in [0.1, 0.15) is 0 Å². The average molecular weight is 321 g/mol. The lowest BCUT2D eigenvalue weighted by atomic mass is 10.3. The van der Waals surface area contributed by atoms with Gasteiger partial charge in [0, 0.05) is 3.57 Å². The molecule has 0 aliphatic rings. The topological polar surface area (TPSA) is 33.6 Å². The number of nitrogens with one attached hydrogen (secondary N) is 1. The molecule has 0 aliphatic heterocycles. The van der Waals surface area contributed by atoms with Gasteiger partial charge in [-0.1, -0.05) is 0 Å². The molecular weight excluding hydrogens is 316 g/mol. The fraction of sp³-hybridized carbons (Fsp3) is 0. The van der Waals surface area contributed by atoms with E-state index in [2.05, 4.69) is 32.8 Å². The minimum atomic E-state index is -0.256. The van der Waals surface area contributed by atoms with Crippen LogP contribution >= 0.6 is 34.8 Å². The maximum absolute atomic E-state index is 12.8. The summed E-state index contributed by atoms with van der Waals surface area (Å²) in [5, 5.41) is 6.44. The number of rotatable bonds is 1. The van der Waals surface area contributed by atoms with Crippen molar-refractivity contribution < 1.29 is 4.39 Å². The molecule has 0 atom stereocenters. The van der Waals surface area contributed by atoms with Gasteiger partial charge in [-0.3, -0.25) is 9.67 Å². The van der Waals surface area contributed by atoms with E-state index in [1.165, 1.54) is 12.1 Å². The maximum Gasteiger partial charge on any atom is 0.199 e. The van der Waals surface area contributed by atoms with E-state index in [0.717, 1.165) is 9.26 Å². The highest BCUT2D eigenvalue weighted by atomic mass is 127. The van der Waals surface area contributed by atoms with Crippen LogP contribution in [0.15, 0.2) is 24.5 Å². The molecule has 0 saturated heterocycles. The number of aromatic nitrogens is 3. The molecule has 6 heteroatoms. The fourth-order valence-electron chi connectivity index (χ4n) is 1.10. The van der Waals surface area contributed by atoms with E-state index in [-0.39, 0.29) is 5.82 Å². The molecule has 3 nitrogen and oxygen atoms in total. The van der Waals surface area contributed by atoms with Crippen molar-refractivity contribution in [1.82, 2.24) is 14.8 Å². The summed E-state index contributed by atoms with van der Waals surface area (Å²) in [5.74, 6) is -0.256. The van der Waals surface area contributed by atoms with Gasteiger partial charge in [-0.2, -0.15) is 5.10 Å². The first-order chi connectivity index (χ1) is 6.68. The van der Waals surface area contributed by atoms with E-state index in [9.17, 15) is 4.39 Å². The van der Waals surface area contributed by atoms with Crippen molar-refractivity contribution in [1.29, 1.82) is 0 Å². The molecule has 0 amide bonds. The number of hydrogen-bond donors (Lipinski definition) is 1. The third kappa shape index (κ3) is 1.71. The van der Waals surface area contributed by atoms with Crippen LogP contribution in [0, 0.1) is 14.2 Å². The molecule has 0 fully saturated rings. The second kappa shape index (κ2) is 3.77. The summed E-state index contributed by atoms with van der Waals surface area (Å²) >= 11 is 7.06. The predicted octanol–water partition coefficient (Wildman–Crippen LogP) is 2.67. The first-order valence-electron chi connectivity index (χ1n) is 3.76. The highest BCUT2D eigenvalue weighted by Gasteiger charge is 2.04.